The average molecular weight is 394 g/mol. The molecule has 0 radical (unpaired) electrons. The SMILES string of the molecule is Cc1[nH]c(=O)[nH]c(=O)c1S(=O)(=O)NC[C@H](c1ccccc1)N1CCOCC1. The van der Waals surface area contributed by atoms with Crippen LogP contribution in [0.4, 0.5) is 0 Å². The lowest BCUT2D eigenvalue weighted by molar-refractivity contribution is 0.0172. The number of benzene rings is 1. The van der Waals surface area contributed by atoms with Crippen LogP contribution in [0.5, 0.6) is 0 Å². The van der Waals surface area contributed by atoms with Gasteiger partial charge >= 0.3 is 5.69 Å². The molecule has 9 nitrogen and oxygen atoms in total. The Morgan fingerprint density at radius 1 is 1.15 bits per heavy atom. The van der Waals surface area contributed by atoms with Crippen molar-refractivity contribution < 1.29 is 13.2 Å². The van der Waals surface area contributed by atoms with Gasteiger partial charge in [0, 0.05) is 31.4 Å². The van der Waals surface area contributed by atoms with E-state index in [1.807, 2.05) is 35.3 Å². The maximum Gasteiger partial charge on any atom is 0.325 e. The molecule has 1 aliphatic heterocycles. The highest BCUT2D eigenvalue weighted by molar-refractivity contribution is 7.89. The minimum absolute atomic E-state index is 0.00103. The lowest BCUT2D eigenvalue weighted by Crippen LogP contribution is -2.44. The smallest absolute Gasteiger partial charge is 0.325 e. The first-order valence-corrected chi connectivity index (χ1v) is 10.1. The van der Waals surface area contributed by atoms with E-state index in [0.29, 0.717) is 26.3 Å². The molecular weight excluding hydrogens is 372 g/mol. The number of aromatic nitrogens is 2. The zero-order valence-electron chi connectivity index (χ0n) is 14.9. The van der Waals surface area contributed by atoms with Gasteiger partial charge in [-0.25, -0.2) is 17.9 Å². The van der Waals surface area contributed by atoms with Crippen LogP contribution in [0, 0.1) is 6.92 Å². The van der Waals surface area contributed by atoms with Gasteiger partial charge in [-0.05, 0) is 12.5 Å². The second-order valence-electron chi connectivity index (χ2n) is 6.29. The Hall–Kier alpha value is -2.27. The van der Waals surface area contributed by atoms with Gasteiger partial charge in [-0.1, -0.05) is 30.3 Å². The van der Waals surface area contributed by atoms with E-state index in [0.717, 1.165) is 5.56 Å². The molecule has 3 N–H and O–H groups in total. The molecule has 1 aromatic carbocycles. The zero-order valence-corrected chi connectivity index (χ0v) is 15.7. The summed E-state index contributed by atoms with van der Waals surface area (Å²) < 4.78 is 33.3. The maximum atomic E-state index is 12.7. The first kappa shape index (κ1) is 19.5. The number of ether oxygens (including phenoxy) is 1. The van der Waals surface area contributed by atoms with Gasteiger partial charge < -0.3 is 9.72 Å². The van der Waals surface area contributed by atoms with Crippen LogP contribution in [0.25, 0.3) is 0 Å². The lowest BCUT2D eigenvalue weighted by atomic mass is 10.1. The lowest BCUT2D eigenvalue weighted by Gasteiger charge is -2.34. The summed E-state index contributed by atoms with van der Waals surface area (Å²) in [5.41, 5.74) is -0.716. The highest BCUT2D eigenvalue weighted by Gasteiger charge is 2.27. The third kappa shape index (κ3) is 4.53. The van der Waals surface area contributed by atoms with Gasteiger partial charge in [0.05, 0.1) is 13.2 Å². The van der Waals surface area contributed by atoms with E-state index in [2.05, 4.69) is 14.6 Å². The fraction of sp³-hybridized carbons (Fsp3) is 0.412. The van der Waals surface area contributed by atoms with Gasteiger partial charge in [0.2, 0.25) is 10.0 Å². The van der Waals surface area contributed by atoms with E-state index in [-0.39, 0.29) is 18.3 Å². The largest absolute Gasteiger partial charge is 0.379 e. The number of rotatable bonds is 6. The van der Waals surface area contributed by atoms with E-state index < -0.39 is 26.2 Å². The number of hydrogen-bond acceptors (Lipinski definition) is 6. The summed E-state index contributed by atoms with van der Waals surface area (Å²) in [5.74, 6) is 0. The molecule has 1 atom stereocenters. The standard InChI is InChI=1S/C17H22N4O5S/c1-12-15(16(22)20-17(23)19-12)27(24,25)18-11-14(13-5-3-2-4-6-13)21-7-9-26-10-8-21/h2-6,14,18H,7-11H2,1H3,(H2,19,20,22,23)/t14-/m1/s1. The molecule has 1 aliphatic rings. The van der Waals surface area contributed by atoms with Gasteiger partial charge in [0.25, 0.3) is 5.56 Å². The summed E-state index contributed by atoms with van der Waals surface area (Å²) in [4.78, 5) is 29.2. The third-order valence-electron chi connectivity index (χ3n) is 4.48. The molecule has 0 unspecified atom stereocenters. The van der Waals surface area contributed by atoms with Crippen LogP contribution >= 0.6 is 0 Å². The molecule has 2 heterocycles. The van der Waals surface area contributed by atoms with Crippen molar-refractivity contribution in [3.8, 4) is 0 Å². The molecule has 27 heavy (non-hydrogen) atoms. The second kappa shape index (κ2) is 8.17. The minimum atomic E-state index is -4.10. The van der Waals surface area contributed by atoms with Gasteiger partial charge in [0.15, 0.2) is 4.90 Å². The molecule has 1 fully saturated rings. The van der Waals surface area contributed by atoms with Crippen molar-refractivity contribution in [2.45, 2.75) is 17.9 Å². The van der Waals surface area contributed by atoms with Gasteiger partial charge in [-0.3, -0.25) is 14.7 Å². The Morgan fingerprint density at radius 2 is 1.81 bits per heavy atom. The summed E-state index contributed by atoms with van der Waals surface area (Å²) in [5, 5.41) is 0. The molecule has 0 bridgehead atoms. The number of hydrogen-bond donors (Lipinski definition) is 3. The summed E-state index contributed by atoms with van der Waals surface area (Å²) in [6.45, 7) is 3.98. The van der Waals surface area contributed by atoms with Crippen molar-refractivity contribution in [3.63, 3.8) is 0 Å². The number of nitrogens with zero attached hydrogens (tertiary/aromatic N) is 1. The van der Waals surface area contributed by atoms with Gasteiger partial charge in [0.1, 0.15) is 0 Å². The number of aryl methyl sites for hydroxylation is 1. The topological polar surface area (TPSA) is 124 Å². The van der Waals surface area contributed by atoms with Crippen molar-refractivity contribution in [1.82, 2.24) is 19.6 Å². The molecule has 0 spiro atoms. The van der Waals surface area contributed by atoms with Crippen molar-refractivity contribution >= 4 is 10.0 Å². The van der Waals surface area contributed by atoms with E-state index >= 15 is 0 Å². The Balaban J connectivity index is 1.86. The molecule has 0 aliphatic carbocycles. The quantitative estimate of drug-likeness (QED) is 0.619. The highest BCUT2D eigenvalue weighted by atomic mass is 32.2. The molecule has 0 amide bonds. The number of aromatic amines is 2. The first-order valence-electron chi connectivity index (χ1n) is 8.58. The van der Waals surface area contributed by atoms with E-state index in [1.54, 1.807) is 0 Å². The zero-order chi connectivity index (χ0) is 19.4. The van der Waals surface area contributed by atoms with Crippen LogP contribution in [0.3, 0.4) is 0 Å². The molecule has 1 saturated heterocycles. The Kier molecular flexibility index (Phi) is 5.90. The first-order chi connectivity index (χ1) is 12.9. The molecule has 1 aromatic heterocycles. The molecule has 10 heteroatoms. The molecule has 3 rings (SSSR count). The second-order valence-corrected chi connectivity index (χ2v) is 7.99. The highest BCUT2D eigenvalue weighted by Crippen LogP contribution is 2.21. The maximum absolute atomic E-state index is 12.7. The molecule has 146 valence electrons. The summed E-state index contributed by atoms with van der Waals surface area (Å²) in [6, 6.07) is 9.36. The number of nitrogens with one attached hydrogen (secondary N) is 3. The van der Waals surface area contributed by atoms with Crippen LogP contribution < -0.4 is 16.0 Å². The monoisotopic (exact) mass is 394 g/mol. The molecule has 2 aromatic rings. The Morgan fingerprint density at radius 3 is 2.44 bits per heavy atom. The van der Waals surface area contributed by atoms with E-state index in [4.69, 9.17) is 4.74 Å². The predicted octanol–water partition coefficient (Wildman–Crippen LogP) is -0.277. The van der Waals surface area contributed by atoms with Crippen molar-refractivity contribution in [3.05, 3.63) is 62.4 Å². The van der Waals surface area contributed by atoms with Crippen LogP contribution in [0.1, 0.15) is 17.3 Å². The van der Waals surface area contributed by atoms with E-state index in [1.165, 1.54) is 6.92 Å². The fourth-order valence-corrected chi connectivity index (χ4v) is 4.47. The average Bonchev–Trinajstić information content (AvgIpc) is 2.62. The van der Waals surface area contributed by atoms with Gasteiger partial charge in [-0.15, -0.1) is 0 Å². The van der Waals surface area contributed by atoms with Crippen molar-refractivity contribution in [1.29, 1.82) is 0 Å². The van der Waals surface area contributed by atoms with Crippen LogP contribution in [-0.4, -0.2) is 56.1 Å². The van der Waals surface area contributed by atoms with Crippen LogP contribution in [0.2, 0.25) is 0 Å². The molecule has 0 saturated carbocycles. The van der Waals surface area contributed by atoms with Crippen molar-refractivity contribution in [2.75, 3.05) is 32.8 Å². The minimum Gasteiger partial charge on any atom is -0.379 e. The fourth-order valence-electron chi connectivity index (χ4n) is 3.19. The Labute approximate surface area is 156 Å². The number of morpholine rings is 1. The third-order valence-corrected chi connectivity index (χ3v) is 6.06. The number of sulfonamides is 1. The summed E-state index contributed by atoms with van der Waals surface area (Å²) in [6.07, 6.45) is 0. The normalized spacial score (nSPS) is 16.9. The van der Waals surface area contributed by atoms with Gasteiger partial charge in [-0.2, -0.15) is 0 Å². The summed E-state index contributed by atoms with van der Waals surface area (Å²) >= 11 is 0. The Bertz CT molecular complexity index is 994. The predicted molar refractivity (Wildman–Crippen MR) is 99.2 cm³/mol. The summed E-state index contributed by atoms with van der Waals surface area (Å²) in [7, 11) is -4.10. The van der Waals surface area contributed by atoms with Crippen LogP contribution in [0.15, 0.2) is 44.8 Å². The van der Waals surface area contributed by atoms with Crippen LogP contribution in [-0.2, 0) is 14.8 Å². The molecular formula is C17H22N4O5S. The van der Waals surface area contributed by atoms with E-state index in [9.17, 15) is 18.0 Å². The van der Waals surface area contributed by atoms with Crippen molar-refractivity contribution in [2.24, 2.45) is 0 Å². The number of H-pyrrole nitrogens is 2.